The predicted octanol–water partition coefficient (Wildman–Crippen LogP) is 2.93. The molecule has 2 aliphatic rings. The largest absolute Gasteiger partial charge is 0.474 e. The summed E-state index contributed by atoms with van der Waals surface area (Å²) >= 11 is 0. The summed E-state index contributed by atoms with van der Waals surface area (Å²) in [5, 5.41) is 16.2. The lowest BCUT2D eigenvalue weighted by Crippen LogP contribution is -2.43. The molecule has 2 aromatic heterocycles. The maximum atomic E-state index is 12.9. The van der Waals surface area contributed by atoms with E-state index in [1.54, 1.807) is 12.3 Å². The van der Waals surface area contributed by atoms with Gasteiger partial charge in [0.2, 0.25) is 5.88 Å². The molecule has 1 saturated carbocycles. The van der Waals surface area contributed by atoms with Gasteiger partial charge in [0.05, 0.1) is 11.9 Å². The third kappa shape index (κ3) is 5.23. The number of piperazine rings is 1. The molecule has 1 aliphatic heterocycles. The number of anilines is 4. The van der Waals surface area contributed by atoms with Crippen LogP contribution in [-0.4, -0.2) is 58.4 Å². The molecular weight excluding hydrogens is 420 g/mol. The van der Waals surface area contributed by atoms with E-state index < -0.39 is 0 Å². The molecule has 33 heavy (non-hydrogen) atoms. The molecule has 0 bridgehead atoms. The number of hydrogen-bond acceptors (Lipinski definition) is 8. The number of nitrogens with one attached hydrogen (secondary N) is 4. The lowest BCUT2D eigenvalue weighted by Gasteiger charge is -2.29. The van der Waals surface area contributed by atoms with Gasteiger partial charge in [-0.05, 0) is 49.9 Å². The topological polar surface area (TPSA) is 120 Å². The summed E-state index contributed by atoms with van der Waals surface area (Å²) in [5.74, 6) is 0.772. The number of amides is 1. The molecule has 172 valence electrons. The van der Waals surface area contributed by atoms with Crippen LogP contribution in [0.2, 0.25) is 0 Å². The summed E-state index contributed by atoms with van der Waals surface area (Å²) < 4.78 is 5.94. The van der Waals surface area contributed by atoms with Crippen LogP contribution in [0.25, 0.3) is 0 Å². The first-order valence-electron chi connectivity index (χ1n) is 11.4. The van der Waals surface area contributed by atoms with Crippen molar-refractivity contribution in [2.75, 3.05) is 41.7 Å². The zero-order chi connectivity index (χ0) is 22.5. The van der Waals surface area contributed by atoms with Crippen LogP contribution in [0.5, 0.6) is 5.88 Å². The molecule has 1 aromatic carbocycles. The second-order valence-corrected chi connectivity index (χ2v) is 8.29. The van der Waals surface area contributed by atoms with E-state index >= 15 is 0 Å². The first-order valence-corrected chi connectivity index (χ1v) is 11.4. The van der Waals surface area contributed by atoms with Gasteiger partial charge in [-0.1, -0.05) is 0 Å². The molecule has 0 unspecified atom stereocenters. The second kappa shape index (κ2) is 9.86. The normalized spacial score (nSPS) is 16.5. The molecule has 5 rings (SSSR count). The average Bonchev–Trinajstić information content (AvgIpc) is 3.53. The summed E-state index contributed by atoms with van der Waals surface area (Å²) in [7, 11) is 0. The number of benzene rings is 1. The van der Waals surface area contributed by atoms with Gasteiger partial charge in [-0.2, -0.15) is 5.10 Å². The molecule has 10 nitrogen and oxygen atoms in total. The Balaban J connectivity index is 1.22. The van der Waals surface area contributed by atoms with E-state index in [0.717, 1.165) is 44.7 Å². The maximum Gasteiger partial charge on any atom is 0.275 e. The van der Waals surface area contributed by atoms with Gasteiger partial charge >= 0.3 is 0 Å². The summed E-state index contributed by atoms with van der Waals surface area (Å²) in [5.41, 5.74) is 2.71. The Labute approximate surface area is 192 Å². The molecule has 0 atom stereocenters. The van der Waals surface area contributed by atoms with Gasteiger partial charge in [0, 0.05) is 43.6 Å². The highest BCUT2D eigenvalue weighted by Gasteiger charge is 2.19. The highest BCUT2D eigenvalue weighted by molar-refractivity contribution is 6.06. The lowest BCUT2D eigenvalue weighted by atomic mass is 10.2. The average molecular weight is 449 g/mol. The Morgan fingerprint density at radius 1 is 1.09 bits per heavy atom. The molecule has 3 heterocycles. The minimum atomic E-state index is -0.290. The first kappa shape index (κ1) is 21.2. The number of carbonyl (C=O) groups is 1. The van der Waals surface area contributed by atoms with Crippen LogP contribution in [0.4, 0.5) is 22.9 Å². The summed E-state index contributed by atoms with van der Waals surface area (Å²) in [4.78, 5) is 23.6. The number of ether oxygens (including phenoxy) is 1. The van der Waals surface area contributed by atoms with Crippen LogP contribution >= 0.6 is 0 Å². The van der Waals surface area contributed by atoms with Gasteiger partial charge in [0.25, 0.3) is 5.91 Å². The monoisotopic (exact) mass is 448 g/mol. The number of aromatic amines is 1. The quantitative estimate of drug-likeness (QED) is 0.436. The van der Waals surface area contributed by atoms with Crippen molar-refractivity contribution in [3.63, 3.8) is 0 Å². The van der Waals surface area contributed by atoms with E-state index in [1.165, 1.54) is 19.2 Å². The zero-order valence-corrected chi connectivity index (χ0v) is 18.4. The van der Waals surface area contributed by atoms with Crippen molar-refractivity contribution in [1.29, 1.82) is 0 Å². The van der Waals surface area contributed by atoms with Crippen molar-refractivity contribution in [2.24, 2.45) is 0 Å². The molecule has 0 radical (unpaired) electrons. The van der Waals surface area contributed by atoms with Gasteiger partial charge in [0.1, 0.15) is 23.9 Å². The van der Waals surface area contributed by atoms with Crippen molar-refractivity contribution >= 4 is 28.8 Å². The van der Waals surface area contributed by atoms with Crippen molar-refractivity contribution < 1.29 is 9.53 Å². The molecule has 10 heteroatoms. The Morgan fingerprint density at radius 2 is 1.88 bits per heavy atom. The number of nitrogens with zero attached hydrogens (tertiary/aromatic N) is 4. The van der Waals surface area contributed by atoms with E-state index in [-0.39, 0.29) is 12.0 Å². The number of aromatic nitrogens is 4. The standard InChI is InChI=1S/C23H28N8O2/c32-23(28-16-5-7-17(8-6-16)31-11-9-24-10-12-31)22-19(14-27-30-22)29-20-13-21(26-15-25-20)33-18-3-1-2-4-18/h5-8,13-15,18,24H,1-4,9-12H2,(H,27,30)(H,28,32)(H,25,26,29). The molecule has 0 spiro atoms. The summed E-state index contributed by atoms with van der Waals surface area (Å²) in [6.07, 6.45) is 7.69. The highest BCUT2D eigenvalue weighted by Crippen LogP contribution is 2.25. The van der Waals surface area contributed by atoms with Crippen LogP contribution in [0.3, 0.4) is 0 Å². The lowest BCUT2D eigenvalue weighted by molar-refractivity contribution is 0.102. The van der Waals surface area contributed by atoms with Crippen LogP contribution in [-0.2, 0) is 0 Å². The fraction of sp³-hybridized carbons (Fsp3) is 0.391. The molecule has 2 fully saturated rings. The van der Waals surface area contributed by atoms with Crippen LogP contribution in [0.15, 0.2) is 42.9 Å². The van der Waals surface area contributed by atoms with Crippen molar-refractivity contribution in [2.45, 2.75) is 31.8 Å². The van der Waals surface area contributed by atoms with E-state index in [1.807, 2.05) is 24.3 Å². The van der Waals surface area contributed by atoms with Crippen molar-refractivity contribution in [3.8, 4) is 5.88 Å². The van der Waals surface area contributed by atoms with Gasteiger partial charge in [-0.3, -0.25) is 9.89 Å². The molecule has 1 amide bonds. The van der Waals surface area contributed by atoms with E-state index in [9.17, 15) is 4.79 Å². The van der Waals surface area contributed by atoms with E-state index in [4.69, 9.17) is 4.74 Å². The molecule has 1 aliphatic carbocycles. The number of H-pyrrole nitrogens is 1. The molecule has 4 N–H and O–H groups in total. The fourth-order valence-corrected chi connectivity index (χ4v) is 4.21. The van der Waals surface area contributed by atoms with Crippen molar-refractivity contribution in [3.05, 3.63) is 48.5 Å². The molecule has 3 aromatic rings. The third-order valence-electron chi connectivity index (χ3n) is 5.97. The maximum absolute atomic E-state index is 12.9. The van der Waals surface area contributed by atoms with Crippen LogP contribution in [0.1, 0.15) is 36.2 Å². The van der Waals surface area contributed by atoms with Gasteiger partial charge < -0.3 is 25.6 Å². The minimum absolute atomic E-state index is 0.209. The van der Waals surface area contributed by atoms with E-state index in [0.29, 0.717) is 28.8 Å². The Bertz CT molecular complexity index is 1070. The third-order valence-corrected chi connectivity index (χ3v) is 5.97. The summed E-state index contributed by atoms with van der Waals surface area (Å²) in [6, 6.07) is 9.62. The zero-order valence-electron chi connectivity index (χ0n) is 18.4. The highest BCUT2D eigenvalue weighted by atomic mass is 16.5. The number of hydrogen-bond donors (Lipinski definition) is 4. The predicted molar refractivity (Wildman–Crippen MR) is 126 cm³/mol. The van der Waals surface area contributed by atoms with Gasteiger partial charge in [0.15, 0.2) is 0 Å². The minimum Gasteiger partial charge on any atom is -0.474 e. The fourth-order valence-electron chi connectivity index (χ4n) is 4.21. The van der Waals surface area contributed by atoms with Gasteiger partial charge in [-0.25, -0.2) is 9.97 Å². The van der Waals surface area contributed by atoms with Crippen LogP contribution < -0.4 is 25.6 Å². The Kier molecular flexibility index (Phi) is 6.34. The summed E-state index contributed by atoms with van der Waals surface area (Å²) in [6.45, 7) is 3.92. The molecule has 1 saturated heterocycles. The SMILES string of the molecule is O=C(Nc1ccc(N2CCNCC2)cc1)c1[nH]ncc1Nc1cc(OC2CCCC2)ncn1. The number of rotatable bonds is 7. The van der Waals surface area contributed by atoms with E-state index in [2.05, 4.69) is 41.0 Å². The second-order valence-electron chi connectivity index (χ2n) is 8.29. The Hall–Kier alpha value is -3.66. The molecular formula is C23H28N8O2. The smallest absolute Gasteiger partial charge is 0.275 e. The number of carbonyl (C=O) groups excluding carboxylic acids is 1. The van der Waals surface area contributed by atoms with Crippen LogP contribution in [0, 0.1) is 0 Å². The van der Waals surface area contributed by atoms with Gasteiger partial charge in [-0.15, -0.1) is 0 Å². The first-order chi connectivity index (χ1) is 16.2. The Morgan fingerprint density at radius 3 is 2.67 bits per heavy atom. The van der Waals surface area contributed by atoms with Crippen molar-refractivity contribution in [1.82, 2.24) is 25.5 Å².